The fourth-order valence-electron chi connectivity index (χ4n) is 1.84. The second-order valence-corrected chi connectivity index (χ2v) is 4.16. The van der Waals surface area contributed by atoms with E-state index in [1.54, 1.807) is 20.2 Å². The third-order valence-electron chi connectivity index (χ3n) is 3.00. The van der Waals surface area contributed by atoms with Crippen LogP contribution in [0.2, 0.25) is 0 Å². The molecule has 0 atom stereocenters. The van der Waals surface area contributed by atoms with E-state index >= 15 is 0 Å². The minimum atomic E-state index is -0.123. The van der Waals surface area contributed by atoms with E-state index in [4.69, 9.17) is 4.74 Å². The molecule has 0 saturated heterocycles. The molecule has 0 spiro atoms. The molecule has 0 unspecified atom stereocenters. The number of amides is 1. The molecular formula is C12H17N3O2. The van der Waals surface area contributed by atoms with Crippen LogP contribution < -0.4 is 10.6 Å². The Kier molecular flexibility index (Phi) is 3.58. The molecular weight excluding hydrogens is 218 g/mol. The topological polar surface area (TPSA) is 63.2 Å². The fraction of sp³-hybridized carbons (Fsp3) is 0.500. The van der Waals surface area contributed by atoms with Gasteiger partial charge < -0.3 is 15.4 Å². The first-order chi connectivity index (χ1) is 8.22. The second kappa shape index (κ2) is 5.14. The molecule has 0 aliphatic heterocycles. The van der Waals surface area contributed by atoms with Crippen LogP contribution in [0.4, 0.5) is 5.82 Å². The lowest BCUT2D eigenvalue weighted by Gasteiger charge is -2.34. The molecule has 1 heterocycles. The van der Waals surface area contributed by atoms with Gasteiger partial charge in [-0.1, -0.05) is 6.07 Å². The van der Waals surface area contributed by atoms with Gasteiger partial charge in [-0.05, 0) is 25.0 Å². The Bertz CT molecular complexity index is 402. The van der Waals surface area contributed by atoms with Gasteiger partial charge in [-0.15, -0.1) is 0 Å². The van der Waals surface area contributed by atoms with Crippen molar-refractivity contribution in [3.63, 3.8) is 0 Å². The van der Waals surface area contributed by atoms with E-state index in [0.717, 1.165) is 12.8 Å². The van der Waals surface area contributed by atoms with Crippen molar-refractivity contribution in [3.05, 3.63) is 23.9 Å². The normalized spacial score (nSPS) is 22.7. The zero-order valence-corrected chi connectivity index (χ0v) is 10.1. The van der Waals surface area contributed by atoms with Crippen LogP contribution in [-0.2, 0) is 4.74 Å². The van der Waals surface area contributed by atoms with Gasteiger partial charge in [0.05, 0.1) is 6.10 Å². The Morgan fingerprint density at radius 2 is 2.24 bits per heavy atom. The number of hydrogen-bond acceptors (Lipinski definition) is 4. The summed E-state index contributed by atoms with van der Waals surface area (Å²) in [6, 6.07) is 5.56. The number of carbonyl (C=O) groups is 1. The van der Waals surface area contributed by atoms with E-state index in [-0.39, 0.29) is 18.1 Å². The minimum Gasteiger partial charge on any atom is -0.381 e. The number of carbonyl (C=O) groups excluding carboxylic acids is 1. The Hall–Kier alpha value is -1.62. The van der Waals surface area contributed by atoms with Crippen LogP contribution in [0.15, 0.2) is 18.2 Å². The number of hydrogen-bond donors (Lipinski definition) is 2. The van der Waals surface area contributed by atoms with Gasteiger partial charge in [0.15, 0.2) is 0 Å². The van der Waals surface area contributed by atoms with Crippen LogP contribution in [0.3, 0.4) is 0 Å². The lowest BCUT2D eigenvalue weighted by molar-refractivity contribution is 0.0175. The van der Waals surface area contributed by atoms with E-state index in [9.17, 15) is 4.79 Å². The minimum absolute atomic E-state index is 0.123. The lowest BCUT2D eigenvalue weighted by atomic mass is 9.89. The molecule has 0 radical (unpaired) electrons. The fourth-order valence-corrected chi connectivity index (χ4v) is 1.84. The zero-order valence-electron chi connectivity index (χ0n) is 10.1. The molecule has 1 aliphatic carbocycles. The van der Waals surface area contributed by atoms with Gasteiger partial charge in [0, 0.05) is 20.2 Å². The van der Waals surface area contributed by atoms with Crippen molar-refractivity contribution in [2.75, 3.05) is 19.5 Å². The van der Waals surface area contributed by atoms with Gasteiger partial charge in [0.25, 0.3) is 5.91 Å². The maximum absolute atomic E-state index is 11.9. The molecule has 5 nitrogen and oxygen atoms in total. The summed E-state index contributed by atoms with van der Waals surface area (Å²) < 4.78 is 5.16. The molecule has 1 fully saturated rings. The molecule has 1 saturated carbocycles. The predicted octanol–water partition coefficient (Wildman–Crippen LogP) is 1.03. The number of anilines is 1. The summed E-state index contributed by atoms with van der Waals surface area (Å²) in [7, 11) is 3.47. The average Bonchev–Trinajstić information content (AvgIpc) is 2.33. The number of ether oxygens (including phenoxy) is 1. The molecule has 1 amide bonds. The molecule has 1 aromatic heterocycles. The molecule has 2 N–H and O–H groups in total. The summed E-state index contributed by atoms with van der Waals surface area (Å²) in [5, 5.41) is 5.85. The zero-order chi connectivity index (χ0) is 12.3. The summed E-state index contributed by atoms with van der Waals surface area (Å²) in [4.78, 5) is 16.1. The van der Waals surface area contributed by atoms with Crippen molar-refractivity contribution in [1.29, 1.82) is 0 Å². The number of aromatic nitrogens is 1. The quantitative estimate of drug-likeness (QED) is 0.818. The molecule has 5 heteroatoms. The van der Waals surface area contributed by atoms with Crippen LogP contribution in [0.25, 0.3) is 0 Å². The lowest BCUT2D eigenvalue weighted by Crippen LogP contribution is -2.47. The highest BCUT2D eigenvalue weighted by molar-refractivity contribution is 5.92. The SMILES string of the molecule is CNc1cccc(C(=O)NC2CC(OC)C2)n1. The summed E-state index contributed by atoms with van der Waals surface area (Å²) in [5.74, 6) is 0.572. The summed E-state index contributed by atoms with van der Waals surface area (Å²) in [6.07, 6.45) is 2.05. The number of rotatable bonds is 4. The van der Waals surface area contributed by atoms with Crippen LogP contribution in [0.5, 0.6) is 0 Å². The first-order valence-electron chi connectivity index (χ1n) is 5.71. The van der Waals surface area contributed by atoms with E-state index in [2.05, 4.69) is 15.6 Å². The van der Waals surface area contributed by atoms with E-state index in [1.807, 2.05) is 12.1 Å². The Balaban J connectivity index is 1.91. The average molecular weight is 235 g/mol. The van der Waals surface area contributed by atoms with Crippen molar-refractivity contribution in [2.45, 2.75) is 25.0 Å². The summed E-state index contributed by atoms with van der Waals surface area (Å²) >= 11 is 0. The highest BCUT2D eigenvalue weighted by Crippen LogP contribution is 2.22. The van der Waals surface area contributed by atoms with E-state index < -0.39 is 0 Å². The molecule has 17 heavy (non-hydrogen) atoms. The van der Waals surface area contributed by atoms with Gasteiger partial charge in [-0.3, -0.25) is 4.79 Å². The van der Waals surface area contributed by atoms with Crippen molar-refractivity contribution in [2.24, 2.45) is 0 Å². The first-order valence-corrected chi connectivity index (χ1v) is 5.71. The van der Waals surface area contributed by atoms with E-state index in [0.29, 0.717) is 11.5 Å². The molecule has 1 aromatic rings. The Labute approximate surface area is 101 Å². The molecule has 92 valence electrons. The van der Waals surface area contributed by atoms with Crippen LogP contribution in [0, 0.1) is 0 Å². The predicted molar refractivity (Wildman–Crippen MR) is 65.1 cm³/mol. The van der Waals surface area contributed by atoms with Crippen molar-refractivity contribution >= 4 is 11.7 Å². The Morgan fingerprint density at radius 3 is 2.88 bits per heavy atom. The molecule has 1 aliphatic rings. The van der Waals surface area contributed by atoms with Gasteiger partial charge in [0.1, 0.15) is 11.5 Å². The largest absolute Gasteiger partial charge is 0.381 e. The third-order valence-corrected chi connectivity index (χ3v) is 3.00. The maximum Gasteiger partial charge on any atom is 0.270 e. The number of nitrogens with zero attached hydrogens (tertiary/aromatic N) is 1. The van der Waals surface area contributed by atoms with Crippen molar-refractivity contribution in [3.8, 4) is 0 Å². The van der Waals surface area contributed by atoms with Gasteiger partial charge in [-0.2, -0.15) is 0 Å². The summed E-state index contributed by atoms with van der Waals surface area (Å²) in [5.41, 5.74) is 0.442. The Morgan fingerprint density at radius 1 is 1.47 bits per heavy atom. The maximum atomic E-state index is 11.9. The highest BCUT2D eigenvalue weighted by Gasteiger charge is 2.30. The van der Waals surface area contributed by atoms with Crippen molar-refractivity contribution < 1.29 is 9.53 Å². The molecule has 0 aromatic carbocycles. The summed E-state index contributed by atoms with van der Waals surface area (Å²) in [6.45, 7) is 0. The first kappa shape index (κ1) is 11.9. The smallest absolute Gasteiger partial charge is 0.270 e. The van der Waals surface area contributed by atoms with Crippen LogP contribution in [0.1, 0.15) is 23.3 Å². The number of methoxy groups -OCH3 is 1. The van der Waals surface area contributed by atoms with Crippen LogP contribution in [-0.4, -0.2) is 37.2 Å². The molecule has 0 bridgehead atoms. The monoisotopic (exact) mass is 235 g/mol. The third kappa shape index (κ3) is 2.74. The number of nitrogens with one attached hydrogen (secondary N) is 2. The van der Waals surface area contributed by atoms with Gasteiger partial charge in [0.2, 0.25) is 0 Å². The molecule has 2 rings (SSSR count). The number of pyridine rings is 1. The standard InChI is InChI=1S/C12H17N3O2/c1-13-11-5-3-4-10(15-11)12(16)14-8-6-9(7-8)17-2/h3-5,8-9H,6-7H2,1-2H3,(H,13,15)(H,14,16). The highest BCUT2D eigenvalue weighted by atomic mass is 16.5. The second-order valence-electron chi connectivity index (χ2n) is 4.16. The van der Waals surface area contributed by atoms with Gasteiger partial charge in [-0.25, -0.2) is 4.98 Å². The van der Waals surface area contributed by atoms with E-state index in [1.165, 1.54) is 0 Å². The van der Waals surface area contributed by atoms with Crippen molar-refractivity contribution in [1.82, 2.24) is 10.3 Å². The van der Waals surface area contributed by atoms with Gasteiger partial charge >= 0.3 is 0 Å². The van der Waals surface area contributed by atoms with Crippen LogP contribution >= 0.6 is 0 Å².